The zero-order valence-electron chi connectivity index (χ0n) is 20.1. The number of nitrogens with zero attached hydrogens (tertiary/aromatic N) is 1. The second-order valence-corrected chi connectivity index (χ2v) is 8.90. The van der Waals surface area contributed by atoms with Crippen molar-refractivity contribution in [2.24, 2.45) is 0 Å². The van der Waals surface area contributed by atoms with Gasteiger partial charge < -0.3 is 15.0 Å². The average molecular weight is 479 g/mol. The van der Waals surface area contributed by atoms with Crippen LogP contribution in [0.5, 0.6) is 5.75 Å². The molecule has 0 bridgehead atoms. The SMILES string of the molecule is CNC(=O)C(Cc1ccccc1)N(Cc1ccc(Cl)cc1)C(=O)COc1cc(C)cc(C)c1C. The molecule has 0 heterocycles. The van der Waals surface area contributed by atoms with Gasteiger partial charge in [-0.25, -0.2) is 0 Å². The summed E-state index contributed by atoms with van der Waals surface area (Å²) in [7, 11) is 1.58. The summed E-state index contributed by atoms with van der Waals surface area (Å²) in [6.07, 6.45) is 0.391. The summed E-state index contributed by atoms with van der Waals surface area (Å²) in [4.78, 5) is 28.1. The molecule has 0 fully saturated rings. The first-order chi connectivity index (χ1) is 16.3. The maximum atomic E-state index is 13.5. The molecule has 0 aliphatic carbocycles. The highest BCUT2D eigenvalue weighted by molar-refractivity contribution is 6.30. The van der Waals surface area contributed by atoms with Crippen LogP contribution in [0.4, 0.5) is 0 Å². The van der Waals surface area contributed by atoms with Gasteiger partial charge in [-0.2, -0.15) is 0 Å². The normalized spacial score (nSPS) is 11.6. The van der Waals surface area contributed by atoms with Gasteiger partial charge >= 0.3 is 0 Å². The van der Waals surface area contributed by atoms with Crippen molar-refractivity contribution >= 4 is 23.4 Å². The quantitative estimate of drug-likeness (QED) is 0.469. The number of aryl methyl sites for hydroxylation is 2. The summed E-state index contributed by atoms with van der Waals surface area (Å²) in [6, 6.07) is 20.3. The Hall–Kier alpha value is -3.31. The van der Waals surface area contributed by atoms with Crippen molar-refractivity contribution in [2.75, 3.05) is 13.7 Å². The molecule has 1 unspecified atom stereocenters. The largest absolute Gasteiger partial charge is 0.483 e. The molecular weight excluding hydrogens is 448 g/mol. The predicted octanol–water partition coefficient (Wildman–Crippen LogP) is 5.03. The number of benzene rings is 3. The van der Waals surface area contributed by atoms with Gasteiger partial charge in [0.15, 0.2) is 6.61 Å². The smallest absolute Gasteiger partial charge is 0.261 e. The third kappa shape index (κ3) is 6.61. The van der Waals surface area contributed by atoms with E-state index in [9.17, 15) is 9.59 Å². The fraction of sp³-hybridized carbons (Fsp3) is 0.286. The molecule has 3 aromatic rings. The number of carbonyl (C=O) groups is 2. The molecule has 34 heavy (non-hydrogen) atoms. The Balaban J connectivity index is 1.89. The maximum absolute atomic E-state index is 13.5. The minimum atomic E-state index is -0.695. The van der Waals surface area contributed by atoms with Gasteiger partial charge in [-0.15, -0.1) is 0 Å². The highest BCUT2D eigenvalue weighted by Crippen LogP contribution is 2.24. The maximum Gasteiger partial charge on any atom is 0.261 e. The molecular formula is C28H31ClN2O3. The molecule has 0 aliphatic heterocycles. The number of amides is 2. The lowest BCUT2D eigenvalue weighted by atomic mass is 10.0. The molecule has 0 aromatic heterocycles. The minimum absolute atomic E-state index is 0.167. The van der Waals surface area contributed by atoms with Gasteiger partial charge in [0.2, 0.25) is 5.91 Å². The second-order valence-electron chi connectivity index (χ2n) is 8.46. The molecule has 0 aliphatic rings. The lowest BCUT2D eigenvalue weighted by Gasteiger charge is -2.31. The fourth-order valence-corrected chi connectivity index (χ4v) is 4.01. The van der Waals surface area contributed by atoms with E-state index in [0.29, 0.717) is 17.2 Å². The van der Waals surface area contributed by atoms with Crippen LogP contribution in [0.1, 0.15) is 27.8 Å². The average Bonchev–Trinajstić information content (AvgIpc) is 2.83. The Morgan fingerprint density at radius 3 is 2.29 bits per heavy atom. The van der Waals surface area contributed by atoms with E-state index < -0.39 is 6.04 Å². The van der Waals surface area contributed by atoms with Crippen LogP contribution in [0, 0.1) is 20.8 Å². The number of carbonyl (C=O) groups excluding carboxylic acids is 2. The Morgan fingerprint density at radius 1 is 0.971 bits per heavy atom. The number of hydrogen-bond acceptors (Lipinski definition) is 3. The highest BCUT2D eigenvalue weighted by atomic mass is 35.5. The molecule has 6 heteroatoms. The van der Waals surface area contributed by atoms with Crippen molar-refractivity contribution in [3.8, 4) is 5.75 Å². The van der Waals surface area contributed by atoms with Crippen LogP contribution in [-0.2, 0) is 22.6 Å². The van der Waals surface area contributed by atoms with E-state index in [2.05, 4.69) is 11.4 Å². The van der Waals surface area contributed by atoms with Crippen molar-refractivity contribution in [2.45, 2.75) is 39.8 Å². The molecule has 0 radical (unpaired) electrons. The van der Waals surface area contributed by atoms with Crippen molar-refractivity contribution in [3.05, 3.63) is 99.6 Å². The van der Waals surface area contributed by atoms with Crippen LogP contribution in [0.25, 0.3) is 0 Å². The van der Waals surface area contributed by atoms with Gasteiger partial charge in [-0.05, 0) is 66.8 Å². The summed E-state index contributed by atoms with van der Waals surface area (Å²) >= 11 is 6.05. The van der Waals surface area contributed by atoms with Gasteiger partial charge in [-0.1, -0.05) is 60.1 Å². The third-order valence-corrected chi connectivity index (χ3v) is 6.15. The van der Waals surface area contributed by atoms with Gasteiger partial charge in [0.1, 0.15) is 11.8 Å². The van der Waals surface area contributed by atoms with Crippen LogP contribution in [-0.4, -0.2) is 36.4 Å². The van der Waals surface area contributed by atoms with Crippen LogP contribution in [0.15, 0.2) is 66.7 Å². The zero-order valence-corrected chi connectivity index (χ0v) is 20.9. The molecule has 0 spiro atoms. The topological polar surface area (TPSA) is 58.6 Å². The number of likely N-dealkylation sites (N-methyl/N-ethyl adjacent to an activating group) is 1. The first kappa shape index (κ1) is 25.3. The molecule has 3 aromatic carbocycles. The molecule has 5 nitrogen and oxygen atoms in total. The van der Waals surface area contributed by atoms with E-state index >= 15 is 0 Å². The summed E-state index contributed by atoms with van der Waals surface area (Å²) in [5.41, 5.74) is 5.01. The van der Waals surface area contributed by atoms with Gasteiger partial charge in [0, 0.05) is 25.0 Å². The highest BCUT2D eigenvalue weighted by Gasteiger charge is 2.30. The predicted molar refractivity (Wildman–Crippen MR) is 136 cm³/mol. The van der Waals surface area contributed by atoms with Gasteiger partial charge in [0.25, 0.3) is 5.91 Å². The summed E-state index contributed by atoms with van der Waals surface area (Å²) in [5, 5.41) is 3.33. The van der Waals surface area contributed by atoms with Crippen LogP contribution < -0.4 is 10.1 Å². The van der Waals surface area contributed by atoms with E-state index in [1.807, 2.05) is 69.3 Å². The standard InChI is InChI=1S/C28H31ClN2O3/c1-19-14-20(2)21(3)26(15-19)34-18-27(32)31(17-23-10-12-24(29)13-11-23)25(28(33)30-4)16-22-8-6-5-7-9-22/h5-15,25H,16-18H2,1-4H3,(H,30,33). The number of hydrogen-bond donors (Lipinski definition) is 1. The van der Waals surface area contributed by atoms with E-state index in [1.54, 1.807) is 24.1 Å². The van der Waals surface area contributed by atoms with Gasteiger partial charge in [-0.3, -0.25) is 9.59 Å². The Morgan fingerprint density at radius 2 is 1.65 bits per heavy atom. The van der Waals surface area contributed by atoms with Crippen molar-refractivity contribution in [1.29, 1.82) is 0 Å². The van der Waals surface area contributed by atoms with Crippen LogP contribution in [0.3, 0.4) is 0 Å². The van der Waals surface area contributed by atoms with Crippen LogP contribution in [0.2, 0.25) is 5.02 Å². The monoisotopic (exact) mass is 478 g/mol. The molecule has 1 N–H and O–H groups in total. The first-order valence-electron chi connectivity index (χ1n) is 11.3. The number of ether oxygens (including phenoxy) is 1. The van der Waals surface area contributed by atoms with Crippen LogP contribution >= 0.6 is 11.6 Å². The summed E-state index contributed by atoms with van der Waals surface area (Å²) in [6.45, 7) is 6.08. The number of halogens is 1. The van der Waals surface area contributed by atoms with Crippen molar-refractivity contribution < 1.29 is 14.3 Å². The summed E-state index contributed by atoms with van der Waals surface area (Å²) in [5.74, 6) is 0.184. The molecule has 3 rings (SSSR count). The van der Waals surface area contributed by atoms with E-state index in [1.165, 1.54) is 0 Å². The van der Waals surface area contributed by atoms with E-state index in [0.717, 1.165) is 27.8 Å². The van der Waals surface area contributed by atoms with E-state index in [4.69, 9.17) is 16.3 Å². The number of rotatable bonds is 9. The molecule has 1 atom stereocenters. The molecule has 0 saturated heterocycles. The fourth-order valence-electron chi connectivity index (χ4n) is 3.88. The van der Waals surface area contributed by atoms with Crippen molar-refractivity contribution in [3.63, 3.8) is 0 Å². The minimum Gasteiger partial charge on any atom is -0.483 e. The molecule has 178 valence electrons. The Kier molecular flexibility index (Phi) is 8.72. The number of nitrogens with one attached hydrogen (secondary N) is 1. The molecule has 0 saturated carbocycles. The Labute approximate surface area is 206 Å². The second kappa shape index (κ2) is 11.7. The molecule has 2 amide bonds. The Bertz CT molecular complexity index is 1130. The van der Waals surface area contributed by atoms with E-state index in [-0.39, 0.29) is 25.0 Å². The third-order valence-electron chi connectivity index (χ3n) is 5.90. The first-order valence-corrected chi connectivity index (χ1v) is 11.7. The lowest BCUT2D eigenvalue weighted by molar-refractivity contribution is -0.142. The van der Waals surface area contributed by atoms with Gasteiger partial charge in [0.05, 0.1) is 0 Å². The lowest BCUT2D eigenvalue weighted by Crippen LogP contribution is -2.51. The van der Waals surface area contributed by atoms with Crippen molar-refractivity contribution in [1.82, 2.24) is 10.2 Å². The zero-order chi connectivity index (χ0) is 24.7. The summed E-state index contributed by atoms with van der Waals surface area (Å²) < 4.78 is 5.97.